The molecule has 0 fully saturated rings. The predicted molar refractivity (Wildman–Crippen MR) is 134 cm³/mol. The number of likely N-dealkylation sites (N-methyl/N-ethyl adjacent to an activating group) is 1. The van der Waals surface area contributed by atoms with Crippen molar-refractivity contribution in [2.75, 3.05) is 47.4 Å². The highest BCUT2D eigenvalue weighted by Crippen LogP contribution is 2.27. The number of aromatic nitrogens is 1. The summed E-state index contributed by atoms with van der Waals surface area (Å²) >= 11 is 0. The molecule has 1 aliphatic heterocycles. The number of benzene rings is 1. The van der Waals surface area contributed by atoms with Crippen LogP contribution in [0, 0.1) is 23.6 Å². The maximum Gasteiger partial charge on any atom is 0.259 e. The predicted octanol–water partition coefficient (Wildman–Crippen LogP) is 2.49. The van der Waals surface area contributed by atoms with Crippen molar-refractivity contribution in [2.45, 2.75) is 32.5 Å². The molecule has 3 atom stereocenters. The van der Waals surface area contributed by atoms with Crippen LogP contribution in [0.1, 0.15) is 35.3 Å². The Labute approximate surface area is 207 Å². The molecule has 0 aliphatic carbocycles. The number of pyridine rings is 1. The molecule has 0 bridgehead atoms. The summed E-state index contributed by atoms with van der Waals surface area (Å²) in [5.41, 5.74) is 1.98. The molecule has 2 aromatic rings. The third kappa shape index (κ3) is 7.25. The minimum Gasteiger partial charge on any atom is -0.472 e. The van der Waals surface area contributed by atoms with Gasteiger partial charge < -0.3 is 14.7 Å². The zero-order valence-corrected chi connectivity index (χ0v) is 21.2. The van der Waals surface area contributed by atoms with Gasteiger partial charge in [0.25, 0.3) is 5.91 Å². The van der Waals surface area contributed by atoms with Gasteiger partial charge in [-0.3, -0.25) is 14.6 Å². The van der Waals surface area contributed by atoms with Crippen molar-refractivity contribution in [1.82, 2.24) is 19.7 Å². The summed E-state index contributed by atoms with van der Waals surface area (Å²) in [5.74, 6) is 5.90. The second-order valence-corrected chi connectivity index (χ2v) is 9.56. The van der Waals surface area contributed by atoms with Gasteiger partial charge in [-0.05, 0) is 51.8 Å². The highest BCUT2D eigenvalue weighted by atomic mass is 19.1. The number of nitrogens with zero attached hydrogens (tertiary/aromatic N) is 4. The number of carbonyl (C=O) groups excluding carboxylic acids is 1. The van der Waals surface area contributed by atoms with Crippen LogP contribution in [0.2, 0.25) is 0 Å². The largest absolute Gasteiger partial charge is 0.472 e. The van der Waals surface area contributed by atoms with E-state index in [0.717, 1.165) is 5.56 Å². The van der Waals surface area contributed by atoms with Crippen LogP contribution >= 0.6 is 0 Å². The van der Waals surface area contributed by atoms with Gasteiger partial charge in [0.15, 0.2) is 0 Å². The molecule has 8 heteroatoms. The van der Waals surface area contributed by atoms with E-state index in [1.165, 1.54) is 12.1 Å². The number of aliphatic hydroxyl groups is 1. The number of fused-ring (bicyclic) bond motifs is 1. The molecule has 2 heterocycles. The van der Waals surface area contributed by atoms with E-state index in [9.17, 15) is 14.3 Å². The topological polar surface area (TPSA) is 69.1 Å². The van der Waals surface area contributed by atoms with Crippen LogP contribution in [0.4, 0.5) is 4.39 Å². The van der Waals surface area contributed by atoms with Crippen LogP contribution < -0.4 is 4.74 Å². The molecule has 0 radical (unpaired) electrons. The third-order valence-electron chi connectivity index (χ3n) is 6.01. The second kappa shape index (κ2) is 12.1. The van der Waals surface area contributed by atoms with Crippen molar-refractivity contribution < 1.29 is 19.0 Å². The lowest BCUT2D eigenvalue weighted by molar-refractivity contribution is 0.0325. The Kier molecular flexibility index (Phi) is 9.21. The zero-order chi connectivity index (χ0) is 25.5. The fourth-order valence-electron chi connectivity index (χ4n) is 3.96. The molecule has 188 valence electrons. The van der Waals surface area contributed by atoms with Crippen LogP contribution in [0.15, 0.2) is 36.5 Å². The Hall–Kier alpha value is -2.99. The minimum absolute atomic E-state index is 0.0156. The number of rotatable bonds is 7. The van der Waals surface area contributed by atoms with Crippen LogP contribution in [0.3, 0.4) is 0 Å². The number of aliphatic hydroxyl groups excluding tert-OH is 1. The molecule has 1 aliphatic rings. The Morgan fingerprint density at radius 1 is 1.29 bits per heavy atom. The number of carbonyl (C=O) groups is 1. The number of amides is 1. The fourth-order valence-corrected chi connectivity index (χ4v) is 3.96. The lowest BCUT2D eigenvalue weighted by Gasteiger charge is -2.37. The maximum atomic E-state index is 13.5. The van der Waals surface area contributed by atoms with E-state index in [4.69, 9.17) is 4.74 Å². The average Bonchev–Trinajstić information content (AvgIpc) is 2.82. The van der Waals surface area contributed by atoms with Crippen LogP contribution in [0.25, 0.3) is 0 Å². The molecule has 1 aromatic carbocycles. The van der Waals surface area contributed by atoms with Crippen LogP contribution in [0.5, 0.6) is 5.88 Å². The molecule has 35 heavy (non-hydrogen) atoms. The van der Waals surface area contributed by atoms with Gasteiger partial charge in [0.1, 0.15) is 17.5 Å². The molecule has 3 rings (SSSR count). The van der Waals surface area contributed by atoms with Gasteiger partial charge in [0.2, 0.25) is 5.88 Å². The van der Waals surface area contributed by atoms with E-state index < -0.39 is 0 Å². The minimum atomic E-state index is -0.350. The maximum absolute atomic E-state index is 13.5. The summed E-state index contributed by atoms with van der Waals surface area (Å²) in [5, 5.41) is 9.82. The molecule has 0 saturated carbocycles. The van der Waals surface area contributed by atoms with Crippen molar-refractivity contribution >= 4 is 5.91 Å². The summed E-state index contributed by atoms with van der Waals surface area (Å²) in [4.78, 5) is 23.7. The van der Waals surface area contributed by atoms with E-state index in [0.29, 0.717) is 37.3 Å². The SMILES string of the molecule is C[C@H]1CN([C@@H](C)CO)C(=O)c2cc(C#CCN(C)C)cnc2O[C@@H]1CN(C)Cc1ccc(F)cc1. The average molecular weight is 483 g/mol. The van der Waals surface area contributed by atoms with E-state index >= 15 is 0 Å². The first kappa shape index (κ1) is 26.6. The monoisotopic (exact) mass is 482 g/mol. The molecule has 1 N–H and O–H groups in total. The molecule has 0 unspecified atom stereocenters. The molecule has 0 saturated heterocycles. The summed E-state index contributed by atoms with van der Waals surface area (Å²) in [6.45, 7) is 5.96. The van der Waals surface area contributed by atoms with Crippen LogP contribution in [-0.2, 0) is 6.54 Å². The summed E-state index contributed by atoms with van der Waals surface area (Å²) in [6.07, 6.45) is 1.37. The third-order valence-corrected chi connectivity index (χ3v) is 6.01. The number of ether oxygens (including phenoxy) is 1. The van der Waals surface area contributed by atoms with E-state index in [1.807, 2.05) is 39.9 Å². The second-order valence-electron chi connectivity index (χ2n) is 9.56. The Balaban J connectivity index is 1.88. The molecule has 1 aromatic heterocycles. The summed E-state index contributed by atoms with van der Waals surface area (Å²) < 4.78 is 19.6. The highest BCUT2D eigenvalue weighted by Gasteiger charge is 2.34. The molecule has 0 spiro atoms. The highest BCUT2D eigenvalue weighted by molar-refractivity contribution is 5.97. The first-order chi connectivity index (χ1) is 16.7. The first-order valence-electron chi connectivity index (χ1n) is 11.8. The van der Waals surface area contributed by atoms with E-state index in [-0.39, 0.29) is 42.3 Å². The molecular formula is C27H35FN4O3. The molecule has 7 nitrogen and oxygen atoms in total. The Bertz CT molecular complexity index is 1060. The van der Waals surface area contributed by atoms with Crippen molar-refractivity contribution in [2.24, 2.45) is 5.92 Å². The number of hydrogen-bond acceptors (Lipinski definition) is 6. The Morgan fingerprint density at radius 2 is 2.00 bits per heavy atom. The zero-order valence-electron chi connectivity index (χ0n) is 21.2. The van der Waals surface area contributed by atoms with Gasteiger partial charge in [-0.2, -0.15) is 0 Å². The van der Waals surface area contributed by atoms with E-state index in [2.05, 4.69) is 21.7 Å². The smallest absolute Gasteiger partial charge is 0.259 e. The summed E-state index contributed by atoms with van der Waals surface area (Å²) in [7, 11) is 5.86. The number of halogens is 1. The number of hydrogen-bond donors (Lipinski definition) is 1. The van der Waals surface area contributed by atoms with Gasteiger partial charge in [0, 0.05) is 37.3 Å². The first-order valence-corrected chi connectivity index (χ1v) is 11.8. The molecular weight excluding hydrogens is 447 g/mol. The quantitative estimate of drug-likeness (QED) is 0.612. The van der Waals surface area contributed by atoms with Crippen molar-refractivity contribution in [3.05, 3.63) is 59.0 Å². The van der Waals surface area contributed by atoms with Crippen molar-refractivity contribution in [3.8, 4) is 17.7 Å². The summed E-state index contributed by atoms with van der Waals surface area (Å²) in [6, 6.07) is 7.83. The standard InChI is InChI=1S/C27H35FN4O3/c1-19-15-32(20(2)18-33)27(34)24-13-22(7-6-12-30(3)4)14-29-26(24)35-25(19)17-31(5)16-21-8-10-23(28)11-9-21/h8-11,13-14,19-20,25,33H,12,15-18H2,1-5H3/t19-,20-,25+/m0/s1. The normalized spacial score (nSPS) is 18.9. The van der Waals surface area contributed by atoms with Crippen molar-refractivity contribution in [3.63, 3.8) is 0 Å². The van der Waals surface area contributed by atoms with Crippen LogP contribution in [-0.4, -0.2) is 90.2 Å². The van der Waals surface area contributed by atoms with Gasteiger partial charge in [-0.25, -0.2) is 9.37 Å². The van der Waals surface area contributed by atoms with Crippen molar-refractivity contribution in [1.29, 1.82) is 0 Å². The van der Waals surface area contributed by atoms with Gasteiger partial charge in [0.05, 0.1) is 19.2 Å². The Morgan fingerprint density at radius 3 is 2.66 bits per heavy atom. The lowest BCUT2D eigenvalue weighted by atomic mass is 9.99. The van der Waals surface area contributed by atoms with E-state index in [1.54, 1.807) is 29.3 Å². The van der Waals surface area contributed by atoms with Gasteiger partial charge >= 0.3 is 0 Å². The fraction of sp³-hybridized carbons (Fsp3) is 0.481. The van der Waals surface area contributed by atoms with Gasteiger partial charge in [-0.15, -0.1) is 0 Å². The van der Waals surface area contributed by atoms with Gasteiger partial charge in [-0.1, -0.05) is 30.9 Å². The molecule has 1 amide bonds. The lowest BCUT2D eigenvalue weighted by Crippen LogP contribution is -2.49.